The van der Waals surface area contributed by atoms with Crippen molar-refractivity contribution in [2.45, 2.75) is 19.4 Å². The number of aromatic nitrogens is 2. The van der Waals surface area contributed by atoms with Crippen molar-refractivity contribution in [2.75, 3.05) is 0 Å². The third kappa shape index (κ3) is 3.20. The molecule has 1 unspecified atom stereocenters. The molecule has 6 heteroatoms. The van der Waals surface area contributed by atoms with Crippen LogP contribution in [0.5, 0.6) is 0 Å². The first-order valence-corrected chi connectivity index (χ1v) is 6.66. The summed E-state index contributed by atoms with van der Waals surface area (Å²) in [5.41, 5.74) is 0.269. The Kier molecular flexibility index (Phi) is 4.31. The molecule has 0 bridgehead atoms. The predicted octanol–water partition coefficient (Wildman–Crippen LogP) is 3.19. The third-order valence-corrected chi connectivity index (χ3v) is 3.43. The number of benzene rings is 1. The molecule has 0 aliphatic rings. The molecule has 1 heterocycles. The van der Waals surface area contributed by atoms with Gasteiger partial charge in [0.25, 0.3) is 5.91 Å². The number of imidazole rings is 1. The van der Waals surface area contributed by atoms with E-state index in [1.165, 1.54) is 18.2 Å². The number of halogens is 2. The van der Waals surface area contributed by atoms with Crippen LogP contribution < -0.4 is 5.32 Å². The maximum atomic E-state index is 13.2. The second-order valence-electron chi connectivity index (χ2n) is 4.03. The van der Waals surface area contributed by atoms with Crippen molar-refractivity contribution in [1.82, 2.24) is 15.3 Å². The highest BCUT2D eigenvalue weighted by Crippen LogP contribution is 2.19. The van der Waals surface area contributed by atoms with E-state index in [9.17, 15) is 9.18 Å². The highest BCUT2D eigenvalue weighted by atomic mass is 79.9. The Balaban J connectivity index is 2.18. The van der Waals surface area contributed by atoms with Crippen LogP contribution in [0.3, 0.4) is 0 Å². The molecule has 0 spiro atoms. The van der Waals surface area contributed by atoms with Gasteiger partial charge in [0.05, 0.1) is 11.6 Å². The normalized spacial score (nSPS) is 12.2. The van der Waals surface area contributed by atoms with Gasteiger partial charge in [0, 0.05) is 16.9 Å². The second-order valence-corrected chi connectivity index (χ2v) is 4.89. The minimum absolute atomic E-state index is 0.224. The Morgan fingerprint density at radius 1 is 1.58 bits per heavy atom. The molecule has 2 N–H and O–H groups in total. The van der Waals surface area contributed by atoms with Crippen molar-refractivity contribution in [1.29, 1.82) is 0 Å². The van der Waals surface area contributed by atoms with Crippen molar-refractivity contribution in [3.05, 3.63) is 52.3 Å². The van der Waals surface area contributed by atoms with Crippen molar-refractivity contribution in [2.24, 2.45) is 0 Å². The molecule has 0 radical (unpaired) electrons. The summed E-state index contributed by atoms with van der Waals surface area (Å²) in [4.78, 5) is 19.2. The summed E-state index contributed by atoms with van der Waals surface area (Å²) in [5, 5.41) is 2.82. The minimum Gasteiger partial charge on any atom is -0.347 e. The molecular weight excluding hydrogens is 313 g/mol. The van der Waals surface area contributed by atoms with Gasteiger partial charge in [-0.1, -0.05) is 6.92 Å². The molecule has 0 aliphatic carbocycles. The van der Waals surface area contributed by atoms with Gasteiger partial charge in [-0.3, -0.25) is 4.79 Å². The topological polar surface area (TPSA) is 57.8 Å². The molecular formula is C13H13BrFN3O. The van der Waals surface area contributed by atoms with Gasteiger partial charge in [-0.25, -0.2) is 9.37 Å². The van der Waals surface area contributed by atoms with Crippen LogP contribution in [-0.2, 0) is 0 Å². The van der Waals surface area contributed by atoms with Crippen LogP contribution in [0.4, 0.5) is 4.39 Å². The average molecular weight is 326 g/mol. The van der Waals surface area contributed by atoms with E-state index >= 15 is 0 Å². The van der Waals surface area contributed by atoms with Crippen LogP contribution in [0.25, 0.3) is 0 Å². The number of carbonyl (C=O) groups excluding carboxylic acids is 1. The van der Waals surface area contributed by atoms with E-state index in [1.54, 1.807) is 12.4 Å². The molecule has 100 valence electrons. The Hall–Kier alpha value is -1.69. The van der Waals surface area contributed by atoms with E-state index in [2.05, 4.69) is 31.2 Å². The second kappa shape index (κ2) is 5.97. The number of carbonyl (C=O) groups is 1. The van der Waals surface area contributed by atoms with Gasteiger partial charge in [-0.05, 0) is 40.5 Å². The lowest BCUT2D eigenvalue weighted by atomic mass is 10.1. The highest BCUT2D eigenvalue weighted by molar-refractivity contribution is 9.10. The van der Waals surface area contributed by atoms with Gasteiger partial charge in [0.1, 0.15) is 11.6 Å². The lowest BCUT2D eigenvalue weighted by molar-refractivity contribution is 0.0932. The number of amides is 1. The van der Waals surface area contributed by atoms with Crippen molar-refractivity contribution < 1.29 is 9.18 Å². The van der Waals surface area contributed by atoms with Gasteiger partial charge in [0.2, 0.25) is 0 Å². The molecule has 0 saturated carbocycles. The lowest BCUT2D eigenvalue weighted by Crippen LogP contribution is -2.29. The molecule has 19 heavy (non-hydrogen) atoms. The molecule has 0 saturated heterocycles. The number of H-pyrrole nitrogens is 1. The van der Waals surface area contributed by atoms with Gasteiger partial charge in [0.15, 0.2) is 0 Å². The van der Waals surface area contributed by atoms with Gasteiger partial charge in [-0.2, -0.15) is 0 Å². The molecule has 4 nitrogen and oxygen atoms in total. The standard InChI is InChI=1S/C13H13BrFN3O/c1-2-11(12-16-5-6-17-12)18-13(19)9-7-8(15)3-4-10(9)14/h3-7,11H,2H2,1H3,(H,16,17)(H,18,19). The molecule has 0 fully saturated rings. The fourth-order valence-corrected chi connectivity index (χ4v) is 2.17. The molecule has 2 rings (SSSR count). The van der Waals surface area contributed by atoms with E-state index in [1.807, 2.05) is 6.92 Å². The van der Waals surface area contributed by atoms with Crippen molar-refractivity contribution >= 4 is 21.8 Å². The SMILES string of the molecule is CCC(NC(=O)c1cc(F)ccc1Br)c1ncc[nH]1. The summed E-state index contributed by atoms with van der Waals surface area (Å²) in [6.07, 6.45) is 4.01. The molecule has 1 amide bonds. The van der Waals surface area contributed by atoms with E-state index in [0.29, 0.717) is 16.7 Å². The number of nitrogens with zero attached hydrogens (tertiary/aromatic N) is 1. The fourth-order valence-electron chi connectivity index (χ4n) is 1.74. The Morgan fingerprint density at radius 2 is 2.37 bits per heavy atom. The lowest BCUT2D eigenvalue weighted by Gasteiger charge is -2.15. The van der Waals surface area contributed by atoms with Gasteiger partial charge >= 0.3 is 0 Å². The van der Waals surface area contributed by atoms with Crippen molar-refractivity contribution in [3.8, 4) is 0 Å². The first-order chi connectivity index (χ1) is 9.11. The van der Waals surface area contributed by atoms with Crippen LogP contribution >= 0.6 is 15.9 Å². The summed E-state index contributed by atoms with van der Waals surface area (Å²) < 4.78 is 13.7. The smallest absolute Gasteiger partial charge is 0.253 e. The van der Waals surface area contributed by atoms with E-state index in [4.69, 9.17) is 0 Å². The Labute approximate surface area is 118 Å². The summed E-state index contributed by atoms with van der Waals surface area (Å²) in [6.45, 7) is 1.94. The van der Waals surface area contributed by atoms with Crippen LogP contribution in [0.1, 0.15) is 35.6 Å². The number of hydrogen-bond donors (Lipinski definition) is 2. The number of hydrogen-bond acceptors (Lipinski definition) is 2. The van der Waals surface area contributed by atoms with Crippen LogP contribution in [0.15, 0.2) is 35.1 Å². The van der Waals surface area contributed by atoms with E-state index in [-0.39, 0.29) is 17.5 Å². The molecule has 1 aromatic heterocycles. The minimum atomic E-state index is -0.445. The first kappa shape index (κ1) is 13.7. The average Bonchev–Trinajstić information content (AvgIpc) is 2.92. The zero-order valence-electron chi connectivity index (χ0n) is 10.3. The van der Waals surface area contributed by atoms with Crippen LogP contribution in [-0.4, -0.2) is 15.9 Å². The van der Waals surface area contributed by atoms with Gasteiger partial charge in [-0.15, -0.1) is 0 Å². The Bertz CT molecular complexity index is 571. The predicted molar refractivity (Wildman–Crippen MR) is 73.2 cm³/mol. The van der Waals surface area contributed by atoms with E-state index < -0.39 is 5.82 Å². The molecule has 1 atom stereocenters. The molecule has 1 aromatic carbocycles. The largest absolute Gasteiger partial charge is 0.347 e. The maximum Gasteiger partial charge on any atom is 0.253 e. The third-order valence-electron chi connectivity index (χ3n) is 2.74. The Morgan fingerprint density at radius 3 is 3.00 bits per heavy atom. The summed E-state index contributed by atoms with van der Waals surface area (Å²) >= 11 is 3.24. The molecule has 0 aliphatic heterocycles. The van der Waals surface area contributed by atoms with Crippen molar-refractivity contribution in [3.63, 3.8) is 0 Å². The molecule has 2 aromatic rings. The summed E-state index contributed by atoms with van der Waals surface area (Å²) in [7, 11) is 0. The number of aromatic amines is 1. The number of rotatable bonds is 4. The fraction of sp³-hybridized carbons (Fsp3) is 0.231. The monoisotopic (exact) mass is 325 g/mol. The van der Waals surface area contributed by atoms with Gasteiger partial charge < -0.3 is 10.3 Å². The summed E-state index contributed by atoms with van der Waals surface area (Å²) in [6, 6.07) is 3.79. The zero-order chi connectivity index (χ0) is 13.8. The van der Waals surface area contributed by atoms with Crippen LogP contribution in [0.2, 0.25) is 0 Å². The zero-order valence-corrected chi connectivity index (χ0v) is 11.9. The summed E-state index contributed by atoms with van der Waals surface area (Å²) in [5.74, 6) is -0.0996. The first-order valence-electron chi connectivity index (χ1n) is 5.87. The highest BCUT2D eigenvalue weighted by Gasteiger charge is 2.18. The van der Waals surface area contributed by atoms with Crippen LogP contribution in [0, 0.1) is 5.82 Å². The quantitative estimate of drug-likeness (QED) is 0.906. The maximum absolute atomic E-state index is 13.2. The number of nitrogens with one attached hydrogen (secondary N) is 2. The van der Waals surface area contributed by atoms with E-state index in [0.717, 1.165) is 0 Å².